The Kier molecular flexibility index (Phi) is 7.22. The quantitative estimate of drug-likeness (QED) is 0.719. The van der Waals surface area contributed by atoms with E-state index in [2.05, 4.69) is 36.5 Å². The molecule has 0 bridgehead atoms. The molecule has 0 aliphatic carbocycles. The molecule has 1 N–H and O–H groups in total. The lowest BCUT2D eigenvalue weighted by Crippen LogP contribution is -2.43. The summed E-state index contributed by atoms with van der Waals surface area (Å²) in [5, 5.41) is 3.11. The number of nitrogens with zero attached hydrogens (tertiary/aromatic N) is 1. The van der Waals surface area contributed by atoms with Gasteiger partial charge in [0.1, 0.15) is 0 Å². The van der Waals surface area contributed by atoms with Gasteiger partial charge in [0.2, 0.25) is 15.9 Å². The fourth-order valence-corrected chi connectivity index (χ4v) is 6.40. The second-order valence-corrected chi connectivity index (χ2v) is 10.6. The molecule has 1 aliphatic rings. The number of sulfonamides is 1. The van der Waals surface area contributed by atoms with Gasteiger partial charge in [0.05, 0.1) is 10.9 Å². The lowest BCUT2D eigenvalue weighted by atomic mass is 9.96. The Morgan fingerprint density at radius 2 is 1.61 bits per heavy atom. The average molecular weight is 443 g/mol. The van der Waals surface area contributed by atoms with E-state index in [0.29, 0.717) is 30.8 Å². The molecule has 31 heavy (non-hydrogen) atoms. The van der Waals surface area contributed by atoms with Crippen LogP contribution in [0.1, 0.15) is 60.5 Å². The molecule has 0 radical (unpaired) electrons. The van der Waals surface area contributed by atoms with E-state index in [-0.39, 0.29) is 17.9 Å². The summed E-state index contributed by atoms with van der Waals surface area (Å²) in [7, 11) is -3.56. The first kappa shape index (κ1) is 23.5. The number of aryl methyl sites for hydroxylation is 4. The van der Waals surface area contributed by atoms with Gasteiger partial charge in [-0.15, -0.1) is 0 Å². The normalized spacial score (nSPS) is 16.8. The third-order valence-electron chi connectivity index (χ3n) is 6.27. The van der Waals surface area contributed by atoms with Crippen LogP contribution in [-0.2, 0) is 21.2 Å². The molecule has 6 heteroatoms. The first-order valence-corrected chi connectivity index (χ1v) is 12.5. The summed E-state index contributed by atoms with van der Waals surface area (Å²) in [6.07, 6.45) is 2.07. The number of carbonyl (C=O) groups excluding carboxylic acids is 1. The predicted molar refractivity (Wildman–Crippen MR) is 125 cm³/mol. The average Bonchev–Trinajstić information content (AvgIpc) is 2.72. The van der Waals surface area contributed by atoms with Crippen molar-refractivity contribution in [3.8, 4) is 0 Å². The standard InChI is InChI=1S/C25H34N2O3S/c1-6-21-7-9-22(10-8-21)20(5)26-25(28)23-11-13-27(14-12-23)31(29,30)24-18(3)15-17(2)16-19(24)4/h7-10,15-16,20,23H,6,11-14H2,1-5H3,(H,26,28). The highest BCUT2D eigenvalue weighted by Gasteiger charge is 2.34. The molecule has 168 valence electrons. The molecule has 3 rings (SSSR count). The minimum absolute atomic E-state index is 0.00631. The van der Waals surface area contributed by atoms with Crippen molar-refractivity contribution in [3.63, 3.8) is 0 Å². The lowest BCUT2D eigenvalue weighted by Gasteiger charge is -2.32. The zero-order valence-electron chi connectivity index (χ0n) is 19.2. The van der Waals surface area contributed by atoms with Gasteiger partial charge in [-0.2, -0.15) is 4.31 Å². The fourth-order valence-electron chi connectivity index (χ4n) is 4.52. The van der Waals surface area contributed by atoms with Gasteiger partial charge in [0.15, 0.2) is 0 Å². The summed E-state index contributed by atoms with van der Waals surface area (Å²) in [5.41, 5.74) is 4.97. The molecule has 5 nitrogen and oxygen atoms in total. The second-order valence-electron chi connectivity index (χ2n) is 8.73. The van der Waals surface area contributed by atoms with E-state index in [1.807, 2.05) is 39.8 Å². The van der Waals surface area contributed by atoms with Gasteiger partial charge in [-0.05, 0) is 69.2 Å². The van der Waals surface area contributed by atoms with Crippen molar-refractivity contribution in [1.29, 1.82) is 0 Å². The van der Waals surface area contributed by atoms with Crippen molar-refractivity contribution in [3.05, 3.63) is 64.2 Å². The number of benzene rings is 2. The Labute approximate surface area is 186 Å². The molecule has 2 aromatic rings. The Morgan fingerprint density at radius 1 is 1.06 bits per heavy atom. The number of amides is 1. The maximum atomic E-state index is 13.3. The van der Waals surface area contributed by atoms with Crippen molar-refractivity contribution in [2.75, 3.05) is 13.1 Å². The van der Waals surface area contributed by atoms with E-state index in [1.54, 1.807) is 0 Å². The van der Waals surface area contributed by atoms with Gasteiger partial charge in [-0.1, -0.05) is 48.9 Å². The van der Waals surface area contributed by atoms with Gasteiger partial charge in [-0.25, -0.2) is 8.42 Å². The van der Waals surface area contributed by atoms with Crippen LogP contribution >= 0.6 is 0 Å². The molecule has 0 saturated carbocycles. The molecular weight excluding hydrogens is 408 g/mol. The topological polar surface area (TPSA) is 66.5 Å². The first-order chi connectivity index (χ1) is 14.6. The highest BCUT2D eigenvalue weighted by atomic mass is 32.2. The van der Waals surface area contributed by atoms with Crippen LogP contribution in [0, 0.1) is 26.7 Å². The summed E-state index contributed by atoms with van der Waals surface area (Å²) in [4.78, 5) is 13.2. The van der Waals surface area contributed by atoms with Crippen molar-refractivity contribution in [2.24, 2.45) is 5.92 Å². The number of nitrogens with one attached hydrogen (secondary N) is 1. The smallest absolute Gasteiger partial charge is 0.243 e. The number of hydrogen-bond donors (Lipinski definition) is 1. The second kappa shape index (κ2) is 9.53. The zero-order chi connectivity index (χ0) is 22.8. The summed E-state index contributed by atoms with van der Waals surface area (Å²) in [6.45, 7) is 10.5. The Bertz CT molecular complexity index is 1010. The minimum atomic E-state index is -3.56. The van der Waals surface area contributed by atoms with Crippen LogP contribution in [0.5, 0.6) is 0 Å². The summed E-state index contributed by atoms with van der Waals surface area (Å²) >= 11 is 0. The molecule has 0 spiro atoms. The minimum Gasteiger partial charge on any atom is -0.349 e. The zero-order valence-corrected chi connectivity index (χ0v) is 20.1. The summed E-state index contributed by atoms with van der Waals surface area (Å²) in [5.74, 6) is -0.157. The van der Waals surface area contributed by atoms with Crippen molar-refractivity contribution in [2.45, 2.75) is 64.8 Å². The van der Waals surface area contributed by atoms with Crippen LogP contribution in [0.3, 0.4) is 0 Å². The molecule has 2 aromatic carbocycles. The van der Waals surface area contributed by atoms with Crippen LogP contribution in [0.2, 0.25) is 0 Å². The largest absolute Gasteiger partial charge is 0.349 e. The lowest BCUT2D eigenvalue weighted by molar-refractivity contribution is -0.126. The van der Waals surface area contributed by atoms with E-state index in [4.69, 9.17) is 0 Å². The number of piperidine rings is 1. The third-order valence-corrected chi connectivity index (χ3v) is 8.48. The van der Waals surface area contributed by atoms with Crippen LogP contribution in [0.4, 0.5) is 0 Å². The fraction of sp³-hybridized carbons (Fsp3) is 0.480. The molecule has 1 atom stereocenters. The maximum absolute atomic E-state index is 13.3. The molecule has 1 heterocycles. The van der Waals surface area contributed by atoms with Crippen LogP contribution in [0.15, 0.2) is 41.3 Å². The molecule has 0 aromatic heterocycles. The predicted octanol–water partition coefficient (Wildman–Crippen LogP) is 4.45. The van der Waals surface area contributed by atoms with E-state index < -0.39 is 10.0 Å². The van der Waals surface area contributed by atoms with Crippen molar-refractivity contribution < 1.29 is 13.2 Å². The Balaban J connectivity index is 1.62. The van der Waals surface area contributed by atoms with E-state index >= 15 is 0 Å². The van der Waals surface area contributed by atoms with Gasteiger partial charge < -0.3 is 5.32 Å². The molecule has 1 amide bonds. The van der Waals surface area contributed by atoms with Crippen LogP contribution in [-0.4, -0.2) is 31.7 Å². The van der Waals surface area contributed by atoms with E-state index in [0.717, 1.165) is 28.7 Å². The van der Waals surface area contributed by atoms with E-state index in [1.165, 1.54) is 9.87 Å². The first-order valence-electron chi connectivity index (χ1n) is 11.1. The molecule has 1 unspecified atom stereocenters. The SMILES string of the molecule is CCc1ccc(C(C)NC(=O)C2CCN(S(=O)(=O)c3c(C)cc(C)cc3C)CC2)cc1. The van der Waals surface area contributed by atoms with E-state index in [9.17, 15) is 13.2 Å². The Morgan fingerprint density at radius 3 is 2.13 bits per heavy atom. The summed E-state index contributed by atoms with van der Waals surface area (Å²) < 4.78 is 28.1. The highest BCUT2D eigenvalue weighted by molar-refractivity contribution is 7.89. The molecular formula is C25H34N2O3S. The van der Waals surface area contributed by atoms with Crippen molar-refractivity contribution in [1.82, 2.24) is 9.62 Å². The van der Waals surface area contributed by atoms with Gasteiger partial charge in [0.25, 0.3) is 0 Å². The molecule has 1 fully saturated rings. The van der Waals surface area contributed by atoms with Crippen LogP contribution in [0.25, 0.3) is 0 Å². The molecule has 1 aliphatic heterocycles. The summed E-state index contributed by atoms with van der Waals surface area (Å²) in [6, 6.07) is 12.1. The Hall–Kier alpha value is -2.18. The number of hydrogen-bond acceptors (Lipinski definition) is 3. The number of rotatable bonds is 6. The van der Waals surface area contributed by atoms with Gasteiger partial charge >= 0.3 is 0 Å². The van der Waals surface area contributed by atoms with Crippen LogP contribution < -0.4 is 5.32 Å². The third kappa shape index (κ3) is 5.18. The van der Waals surface area contributed by atoms with Gasteiger partial charge in [0, 0.05) is 19.0 Å². The molecule has 1 saturated heterocycles. The van der Waals surface area contributed by atoms with Gasteiger partial charge in [-0.3, -0.25) is 4.79 Å². The van der Waals surface area contributed by atoms with Crippen molar-refractivity contribution >= 4 is 15.9 Å². The maximum Gasteiger partial charge on any atom is 0.243 e. The monoisotopic (exact) mass is 442 g/mol. The highest BCUT2D eigenvalue weighted by Crippen LogP contribution is 2.29. The number of carbonyl (C=O) groups is 1.